The average molecular weight is 339 g/mol. The van der Waals surface area contributed by atoms with Crippen molar-refractivity contribution in [2.45, 2.75) is 44.9 Å². The third-order valence-electron chi connectivity index (χ3n) is 4.91. The van der Waals surface area contributed by atoms with Gasteiger partial charge in [-0.2, -0.15) is 0 Å². The van der Waals surface area contributed by atoms with Gasteiger partial charge in [-0.15, -0.1) is 0 Å². The maximum atomic E-state index is 9.33. The molecule has 1 heterocycles. The van der Waals surface area contributed by atoms with Crippen LogP contribution in [0.2, 0.25) is 0 Å². The molecule has 1 aliphatic heterocycles. The van der Waals surface area contributed by atoms with Gasteiger partial charge >= 0.3 is 0 Å². The maximum absolute atomic E-state index is 9.33. The van der Waals surface area contributed by atoms with E-state index in [0.29, 0.717) is 6.10 Å². The van der Waals surface area contributed by atoms with Gasteiger partial charge in [-0.25, -0.2) is 0 Å². The molecule has 3 nitrogen and oxygen atoms in total. The summed E-state index contributed by atoms with van der Waals surface area (Å²) in [6, 6.07) is 16.8. The van der Waals surface area contributed by atoms with Crippen LogP contribution in [-0.4, -0.2) is 36.3 Å². The molecule has 1 aliphatic rings. The third-order valence-corrected chi connectivity index (χ3v) is 4.91. The Balaban J connectivity index is 1.55. The maximum Gasteiger partial charge on any atom is 0.0682 e. The minimum absolute atomic E-state index is 0.0843. The van der Waals surface area contributed by atoms with E-state index in [2.05, 4.69) is 48.3 Å². The topological polar surface area (TPSA) is 32.7 Å². The molecule has 1 atom stereocenters. The van der Waals surface area contributed by atoms with E-state index < -0.39 is 0 Å². The number of nitrogens with zero attached hydrogens (tertiary/aromatic N) is 1. The number of aliphatic hydroxyl groups excluding tert-OH is 1. The van der Waals surface area contributed by atoms with E-state index in [1.165, 1.54) is 36.8 Å². The lowest BCUT2D eigenvalue weighted by atomic mass is 10.0. The van der Waals surface area contributed by atoms with Crippen LogP contribution in [0.15, 0.2) is 48.5 Å². The first kappa shape index (κ1) is 18.1. The van der Waals surface area contributed by atoms with Crippen molar-refractivity contribution in [2.24, 2.45) is 0 Å². The summed E-state index contributed by atoms with van der Waals surface area (Å²) in [5.74, 6) is 0. The van der Waals surface area contributed by atoms with Crippen LogP contribution in [0.3, 0.4) is 0 Å². The Morgan fingerprint density at radius 3 is 2.48 bits per heavy atom. The average Bonchev–Trinajstić information content (AvgIpc) is 3.15. The minimum atomic E-state index is 0.0843. The Morgan fingerprint density at radius 1 is 1.08 bits per heavy atom. The van der Waals surface area contributed by atoms with Gasteiger partial charge in [0.15, 0.2) is 0 Å². The molecule has 1 saturated heterocycles. The molecule has 0 spiro atoms. The lowest BCUT2D eigenvalue weighted by Gasteiger charge is -2.18. The van der Waals surface area contributed by atoms with E-state index in [-0.39, 0.29) is 6.61 Å². The number of hydrogen-bond donors (Lipinski definition) is 1. The smallest absolute Gasteiger partial charge is 0.0682 e. The van der Waals surface area contributed by atoms with Gasteiger partial charge in [-0.1, -0.05) is 36.4 Å². The molecule has 1 unspecified atom stereocenters. The second-order valence-corrected chi connectivity index (χ2v) is 7.07. The van der Waals surface area contributed by atoms with Gasteiger partial charge in [0, 0.05) is 13.2 Å². The summed E-state index contributed by atoms with van der Waals surface area (Å²) >= 11 is 0. The van der Waals surface area contributed by atoms with Crippen molar-refractivity contribution in [1.29, 1.82) is 0 Å². The van der Waals surface area contributed by atoms with Crippen molar-refractivity contribution in [3.8, 4) is 11.1 Å². The van der Waals surface area contributed by atoms with Crippen LogP contribution in [0.5, 0.6) is 0 Å². The van der Waals surface area contributed by atoms with E-state index in [9.17, 15) is 5.11 Å². The first-order valence-electron chi connectivity index (χ1n) is 9.34. The van der Waals surface area contributed by atoms with E-state index in [1.54, 1.807) is 0 Å². The first-order chi connectivity index (χ1) is 12.2. The van der Waals surface area contributed by atoms with Gasteiger partial charge in [0.1, 0.15) is 0 Å². The second-order valence-electron chi connectivity index (χ2n) is 7.07. The molecule has 134 valence electrons. The van der Waals surface area contributed by atoms with Crippen LogP contribution in [-0.2, 0) is 17.9 Å². The molecule has 0 bridgehead atoms. The highest BCUT2D eigenvalue weighted by Gasteiger charge is 2.15. The molecule has 0 radical (unpaired) electrons. The van der Waals surface area contributed by atoms with E-state index in [0.717, 1.165) is 30.8 Å². The van der Waals surface area contributed by atoms with Crippen LogP contribution in [0, 0.1) is 0 Å². The first-order valence-corrected chi connectivity index (χ1v) is 9.34. The molecule has 0 aromatic heterocycles. The molecule has 0 amide bonds. The zero-order valence-electron chi connectivity index (χ0n) is 15.2. The SMILES string of the molecule is CN(CCCC1CCCO1)Cc1cccc(-c2cccc(CO)c2)c1. The monoisotopic (exact) mass is 339 g/mol. The Kier molecular flexibility index (Phi) is 6.62. The van der Waals surface area contributed by atoms with Crippen LogP contribution in [0.4, 0.5) is 0 Å². The predicted octanol–water partition coefficient (Wildman–Crippen LogP) is 4.24. The molecular formula is C22H29NO2. The van der Waals surface area contributed by atoms with Gasteiger partial charge in [0.2, 0.25) is 0 Å². The number of rotatable bonds is 8. The Bertz CT molecular complexity index is 665. The molecule has 2 aromatic carbocycles. The predicted molar refractivity (Wildman–Crippen MR) is 102 cm³/mol. The van der Waals surface area contributed by atoms with Crippen molar-refractivity contribution in [3.05, 3.63) is 59.7 Å². The molecule has 1 N–H and O–H groups in total. The van der Waals surface area contributed by atoms with Crippen molar-refractivity contribution >= 4 is 0 Å². The quantitative estimate of drug-likeness (QED) is 0.781. The molecule has 3 rings (SSSR count). The van der Waals surface area contributed by atoms with E-state index in [1.807, 2.05) is 12.1 Å². The fraction of sp³-hybridized carbons (Fsp3) is 0.455. The second kappa shape index (κ2) is 9.14. The molecule has 1 fully saturated rings. The normalized spacial score (nSPS) is 17.3. The number of ether oxygens (including phenoxy) is 1. The number of aliphatic hydroxyl groups is 1. The van der Waals surface area contributed by atoms with Crippen molar-refractivity contribution < 1.29 is 9.84 Å². The standard InChI is InChI=1S/C22H29NO2/c1-23(12-4-10-22-11-5-13-25-22)16-18-6-2-8-20(14-18)21-9-3-7-19(15-21)17-24/h2-3,6-9,14-15,22,24H,4-5,10-13,16-17H2,1H3. The molecule has 3 heteroatoms. The highest BCUT2D eigenvalue weighted by atomic mass is 16.5. The zero-order valence-corrected chi connectivity index (χ0v) is 15.2. The van der Waals surface area contributed by atoms with Gasteiger partial charge in [-0.05, 0) is 73.7 Å². The molecule has 25 heavy (non-hydrogen) atoms. The lowest BCUT2D eigenvalue weighted by Crippen LogP contribution is -2.20. The van der Waals surface area contributed by atoms with Gasteiger partial charge in [0.05, 0.1) is 12.7 Å². The molecule has 2 aromatic rings. The summed E-state index contributed by atoms with van der Waals surface area (Å²) in [7, 11) is 2.19. The molecule has 0 saturated carbocycles. The summed E-state index contributed by atoms with van der Waals surface area (Å²) < 4.78 is 5.70. The fourth-order valence-electron chi connectivity index (χ4n) is 3.55. The highest BCUT2D eigenvalue weighted by Crippen LogP contribution is 2.22. The van der Waals surface area contributed by atoms with Gasteiger partial charge in [0.25, 0.3) is 0 Å². The lowest BCUT2D eigenvalue weighted by molar-refractivity contribution is 0.0995. The van der Waals surface area contributed by atoms with Crippen molar-refractivity contribution in [1.82, 2.24) is 4.90 Å². The Hall–Kier alpha value is -1.68. The van der Waals surface area contributed by atoms with Crippen LogP contribution < -0.4 is 0 Å². The minimum Gasteiger partial charge on any atom is -0.392 e. The molecular weight excluding hydrogens is 310 g/mol. The van der Waals surface area contributed by atoms with Crippen molar-refractivity contribution in [3.63, 3.8) is 0 Å². The van der Waals surface area contributed by atoms with Crippen LogP contribution >= 0.6 is 0 Å². The van der Waals surface area contributed by atoms with E-state index >= 15 is 0 Å². The summed E-state index contributed by atoms with van der Waals surface area (Å²) in [6.07, 6.45) is 5.33. The summed E-state index contributed by atoms with van der Waals surface area (Å²) in [6.45, 7) is 3.09. The Labute approximate surface area is 151 Å². The summed E-state index contributed by atoms with van der Waals surface area (Å²) in [5.41, 5.74) is 4.65. The third kappa shape index (κ3) is 5.40. The van der Waals surface area contributed by atoms with Crippen LogP contribution in [0.25, 0.3) is 11.1 Å². The largest absolute Gasteiger partial charge is 0.392 e. The summed E-state index contributed by atoms with van der Waals surface area (Å²) in [5, 5.41) is 9.33. The zero-order chi connectivity index (χ0) is 17.5. The number of hydrogen-bond acceptors (Lipinski definition) is 3. The van der Waals surface area contributed by atoms with E-state index in [4.69, 9.17) is 4.74 Å². The fourth-order valence-corrected chi connectivity index (χ4v) is 3.55. The number of benzene rings is 2. The molecule has 0 aliphatic carbocycles. The van der Waals surface area contributed by atoms with Gasteiger partial charge in [-0.3, -0.25) is 0 Å². The van der Waals surface area contributed by atoms with Gasteiger partial charge < -0.3 is 14.7 Å². The van der Waals surface area contributed by atoms with Crippen molar-refractivity contribution in [2.75, 3.05) is 20.2 Å². The summed E-state index contributed by atoms with van der Waals surface area (Å²) in [4.78, 5) is 2.39. The van der Waals surface area contributed by atoms with Crippen LogP contribution in [0.1, 0.15) is 36.8 Å². The highest BCUT2D eigenvalue weighted by molar-refractivity contribution is 5.64. The Morgan fingerprint density at radius 2 is 1.80 bits per heavy atom.